The minimum atomic E-state index is 0.448. The van der Waals surface area contributed by atoms with Crippen molar-refractivity contribution in [3.05, 3.63) is 30.0 Å². The molecule has 0 saturated carbocycles. The summed E-state index contributed by atoms with van der Waals surface area (Å²) >= 11 is 1.81. The third-order valence-electron chi connectivity index (χ3n) is 5.20. The number of hydrogen-bond acceptors (Lipinski definition) is 7. The maximum atomic E-state index is 4.73. The number of fused-ring (bicyclic) bond motifs is 1. The molecule has 0 unspecified atom stereocenters. The number of nitrogens with one attached hydrogen (secondary N) is 3. The first-order chi connectivity index (χ1) is 14.7. The van der Waals surface area contributed by atoms with E-state index in [4.69, 9.17) is 4.99 Å². The van der Waals surface area contributed by atoms with Crippen LogP contribution in [0.15, 0.2) is 35.0 Å². The maximum Gasteiger partial charge on any atom is 0.191 e. The second kappa shape index (κ2) is 9.75. The van der Waals surface area contributed by atoms with Crippen LogP contribution < -0.4 is 20.9 Å². The minimum absolute atomic E-state index is 0.448. The van der Waals surface area contributed by atoms with Crippen LogP contribution in [0.5, 0.6) is 0 Å². The van der Waals surface area contributed by atoms with E-state index < -0.39 is 0 Å². The molecule has 160 valence electrons. The zero-order valence-electron chi connectivity index (χ0n) is 17.5. The highest BCUT2D eigenvalue weighted by Gasteiger charge is 2.20. The molecule has 0 atom stereocenters. The molecule has 1 fully saturated rings. The number of nitrogens with zero attached hydrogens (tertiary/aromatic N) is 6. The standard InChI is InChI=1S/C20H29N9S/c1-3-21-20(27-15-6-10-29(11-7-15)17-5-4-12-30-17)23-9-8-22-18-16-13-26-28(2)19(16)25-14-24-18/h4-5,12-15H,3,6-11H2,1-2H3,(H2,21,23,27)(H,22,24,25). The van der Waals surface area contributed by atoms with Crippen molar-refractivity contribution in [2.45, 2.75) is 25.8 Å². The number of aliphatic imine (C=N–C) groups is 1. The second-order valence-corrected chi connectivity index (χ2v) is 8.20. The van der Waals surface area contributed by atoms with E-state index in [9.17, 15) is 0 Å². The smallest absolute Gasteiger partial charge is 0.191 e. The van der Waals surface area contributed by atoms with Gasteiger partial charge in [0.05, 0.1) is 23.1 Å². The third-order valence-corrected chi connectivity index (χ3v) is 6.13. The van der Waals surface area contributed by atoms with Gasteiger partial charge in [-0.15, -0.1) is 11.3 Å². The fourth-order valence-electron chi connectivity index (χ4n) is 3.65. The predicted octanol–water partition coefficient (Wildman–Crippen LogP) is 2.06. The molecule has 30 heavy (non-hydrogen) atoms. The van der Waals surface area contributed by atoms with Crippen molar-refractivity contribution in [3.63, 3.8) is 0 Å². The lowest BCUT2D eigenvalue weighted by atomic mass is 10.1. The monoisotopic (exact) mass is 427 g/mol. The van der Waals surface area contributed by atoms with Gasteiger partial charge in [0.25, 0.3) is 0 Å². The molecule has 4 heterocycles. The van der Waals surface area contributed by atoms with Gasteiger partial charge in [0, 0.05) is 39.3 Å². The molecular formula is C20H29N9S. The Bertz CT molecular complexity index is 958. The summed E-state index contributed by atoms with van der Waals surface area (Å²) in [5, 5.41) is 19.0. The van der Waals surface area contributed by atoms with E-state index in [0.29, 0.717) is 19.1 Å². The number of aromatic nitrogens is 4. The SMILES string of the molecule is CCNC(=NCCNc1ncnc2c1cnn2C)NC1CCN(c2cccs2)CC1. The minimum Gasteiger partial charge on any atom is -0.367 e. The van der Waals surface area contributed by atoms with Crippen LogP contribution in [0.2, 0.25) is 0 Å². The van der Waals surface area contributed by atoms with Crippen molar-refractivity contribution in [2.75, 3.05) is 42.9 Å². The Morgan fingerprint density at radius 3 is 2.93 bits per heavy atom. The van der Waals surface area contributed by atoms with Crippen LogP contribution in [0.1, 0.15) is 19.8 Å². The molecule has 0 amide bonds. The van der Waals surface area contributed by atoms with E-state index in [1.807, 2.05) is 18.4 Å². The number of anilines is 2. The summed E-state index contributed by atoms with van der Waals surface area (Å²) in [5.74, 6) is 1.67. The lowest BCUT2D eigenvalue weighted by Gasteiger charge is -2.33. The van der Waals surface area contributed by atoms with Crippen LogP contribution in [-0.4, -0.2) is 64.5 Å². The number of rotatable bonds is 7. The maximum absolute atomic E-state index is 4.73. The van der Waals surface area contributed by atoms with Crippen molar-refractivity contribution < 1.29 is 0 Å². The second-order valence-electron chi connectivity index (χ2n) is 7.27. The first-order valence-electron chi connectivity index (χ1n) is 10.4. The third kappa shape index (κ3) is 4.81. The Morgan fingerprint density at radius 1 is 1.30 bits per heavy atom. The first-order valence-corrected chi connectivity index (χ1v) is 11.3. The molecular weight excluding hydrogens is 398 g/mol. The molecule has 0 radical (unpaired) electrons. The molecule has 9 nitrogen and oxygen atoms in total. The van der Waals surface area contributed by atoms with Crippen LogP contribution >= 0.6 is 11.3 Å². The molecule has 0 bridgehead atoms. The van der Waals surface area contributed by atoms with E-state index >= 15 is 0 Å². The lowest BCUT2D eigenvalue weighted by Crippen LogP contribution is -2.48. The van der Waals surface area contributed by atoms with Crippen LogP contribution in [0.25, 0.3) is 11.0 Å². The molecule has 0 aliphatic carbocycles. The summed E-state index contributed by atoms with van der Waals surface area (Å²) in [6, 6.07) is 4.77. The van der Waals surface area contributed by atoms with Gasteiger partial charge in [-0.3, -0.25) is 9.67 Å². The fourth-order valence-corrected chi connectivity index (χ4v) is 4.44. The summed E-state index contributed by atoms with van der Waals surface area (Å²) in [4.78, 5) is 15.8. The van der Waals surface area contributed by atoms with Crippen molar-refractivity contribution in [1.29, 1.82) is 0 Å². The van der Waals surface area contributed by atoms with E-state index in [1.54, 1.807) is 17.2 Å². The van der Waals surface area contributed by atoms with Gasteiger partial charge in [-0.25, -0.2) is 9.97 Å². The fraction of sp³-hybridized carbons (Fsp3) is 0.500. The number of hydrogen-bond donors (Lipinski definition) is 3. The first kappa shape index (κ1) is 20.4. The van der Waals surface area contributed by atoms with Crippen molar-refractivity contribution >= 4 is 39.1 Å². The number of aryl methyl sites for hydroxylation is 1. The van der Waals surface area contributed by atoms with E-state index in [0.717, 1.165) is 55.3 Å². The number of thiophene rings is 1. The van der Waals surface area contributed by atoms with Crippen molar-refractivity contribution in [2.24, 2.45) is 12.0 Å². The van der Waals surface area contributed by atoms with Crippen LogP contribution in [0, 0.1) is 0 Å². The van der Waals surface area contributed by atoms with Crippen LogP contribution in [0.3, 0.4) is 0 Å². The Morgan fingerprint density at radius 2 is 2.17 bits per heavy atom. The average Bonchev–Trinajstić information content (AvgIpc) is 3.43. The molecule has 0 spiro atoms. The molecule has 4 rings (SSSR count). The molecule has 3 aromatic heterocycles. The molecule has 1 aliphatic heterocycles. The van der Waals surface area contributed by atoms with Gasteiger partial charge in [0.1, 0.15) is 12.1 Å². The van der Waals surface area contributed by atoms with Crippen LogP contribution in [0.4, 0.5) is 10.8 Å². The zero-order valence-corrected chi connectivity index (χ0v) is 18.3. The topological polar surface area (TPSA) is 95.3 Å². The molecule has 1 saturated heterocycles. The van der Waals surface area contributed by atoms with Gasteiger partial charge >= 0.3 is 0 Å². The Labute approximate surface area is 180 Å². The summed E-state index contributed by atoms with van der Waals surface area (Å²) in [6.07, 6.45) is 5.57. The van der Waals surface area contributed by atoms with Gasteiger partial charge < -0.3 is 20.9 Å². The van der Waals surface area contributed by atoms with Gasteiger partial charge in [-0.05, 0) is 37.3 Å². The largest absolute Gasteiger partial charge is 0.367 e. The van der Waals surface area contributed by atoms with Crippen LogP contribution in [-0.2, 0) is 7.05 Å². The van der Waals surface area contributed by atoms with Gasteiger partial charge in [0.2, 0.25) is 0 Å². The highest BCUT2D eigenvalue weighted by atomic mass is 32.1. The van der Waals surface area contributed by atoms with Gasteiger partial charge in [0.15, 0.2) is 11.6 Å². The highest BCUT2D eigenvalue weighted by Crippen LogP contribution is 2.24. The predicted molar refractivity (Wildman–Crippen MR) is 123 cm³/mol. The molecule has 0 aromatic carbocycles. The Balaban J connectivity index is 1.27. The Hall–Kier alpha value is -2.88. The number of piperidine rings is 1. The van der Waals surface area contributed by atoms with Gasteiger partial charge in [-0.2, -0.15) is 5.10 Å². The van der Waals surface area contributed by atoms with E-state index in [-0.39, 0.29) is 0 Å². The summed E-state index contributed by atoms with van der Waals surface area (Å²) in [5.41, 5.74) is 0.819. The summed E-state index contributed by atoms with van der Waals surface area (Å²) in [6.45, 7) is 6.43. The van der Waals surface area contributed by atoms with E-state index in [1.165, 1.54) is 5.00 Å². The van der Waals surface area contributed by atoms with Crippen molar-refractivity contribution in [1.82, 2.24) is 30.4 Å². The zero-order chi connectivity index (χ0) is 20.8. The lowest BCUT2D eigenvalue weighted by molar-refractivity contribution is 0.463. The number of guanidine groups is 1. The highest BCUT2D eigenvalue weighted by molar-refractivity contribution is 7.14. The average molecular weight is 428 g/mol. The van der Waals surface area contributed by atoms with Gasteiger partial charge in [-0.1, -0.05) is 0 Å². The normalized spacial score (nSPS) is 15.5. The molecule has 10 heteroatoms. The molecule has 3 aromatic rings. The molecule has 1 aliphatic rings. The Kier molecular flexibility index (Phi) is 6.63. The quantitative estimate of drug-likeness (QED) is 0.302. The van der Waals surface area contributed by atoms with Crippen molar-refractivity contribution in [3.8, 4) is 0 Å². The molecule has 3 N–H and O–H groups in total. The summed E-state index contributed by atoms with van der Waals surface area (Å²) < 4.78 is 1.75. The summed E-state index contributed by atoms with van der Waals surface area (Å²) in [7, 11) is 1.88. The van der Waals surface area contributed by atoms with E-state index in [2.05, 4.69) is 60.4 Å².